The molecule has 3 aliphatic heterocycles. The molecule has 8 nitrogen and oxygen atoms in total. The number of urea groups is 1. The number of carbonyl (C=O) groups is 3. The number of piperidine rings is 1. The highest BCUT2D eigenvalue weighted by molar-refractivity contribution is 6.03. The van der Waals surface area contributed by atoms with Gasteiger partial charge >= 0.3 is 6.03 Å². The van der Waals surface area contributed by atoms with E-state index in [4.69, 9.17) is 4.74 Å². The van der Waals surface area contributed by atoms with Gasteiger partial charge < -0.3 is 19.6 Å². The third kappa shape index (κ3) is 2.80. The molecule has 0 saturated carbocycles. The first-order valence-electron chi connectivity index (χ1n) is 7.69. The largest absolute Gasteiger partial charge is 0.390 e. The Kier molecular flexibility index (Phi) is 4.05. The molecule has 22 heavy (non-hydrogen) atoms. The summed E-state index contributed by atoms with van der Waals surface area (Å²) in [7, 11) is 0. The van der Waals surface area contributed by atoms with Gasteiger partial charge in [-0.1, -0.05) is 0 Å². The highest BCUT2D eigenvalue weighted by atomic mass is 16.5. The first-order chi connectivity index (χ1) is 10.5. The van der Waals surface area contributed by atoms with Crippen LogP contribution >= 0.6 is 0 Å². The molecule has 8 heteroatoms. The molecule has 1 atom stereocenters. The Hall–Kier alpha value is -1.67. The minimum atomic E-state index is -0.518. The van der Waals surface area contributed by atoms with Gasteiger partial charge in [0.2, 0.25) is 11.8 Å². The number of imide groups is 1. The third-order valence-corrected chi connectivity index (χ3v) is 4.78. The van der Waals surface area contributed by atoms with E-state index in [1.54, 1.807) is 4.90 Å². The number of likely N-dealkylation sites (tertiary alicyclic amines) is 1. The van der Waals surface area contributed by atoms with Gasteiger partial charge in [0.1, 0.15) is 13.1 Å². The fourth-order valence-corrected chi connectivity index (χ4v) is 3.40. The Bertz CT molecular complexity index is 487. The van der Waals surface area contributed by atoms with E-state index in [0.29, 0.717) is 32.5 Å². The molecule has 0 unspecified atom stereocenters. The summed E-state index contributed by atoms with van der Waals surface area (Å²) >= 11 is 0. The van der Waals surface area contributed by atoms with E-state index < -0.39 is 17.7 Å². The van der Waals surface area contributed by atoms with Crippen molar-refractivity contribution in [3.8, 4) is 0 Å². The second-order valence-electron chi connectivity index (χ2n) is 6.16. The van der Waals surface area contributed by atoms with Gasteiger partial charge in [-0.2, -0.15) is 0 Å². The summed E-state index contributed by atoms with van der Waals surface area (Å²) in [6.45, 7) is 1.50. The fraction of sp³-hybridized carbons (Fsp3) is 0.786. The maximum Gasteiger partial charge on any atom is 0.325 e. The molecule has 4 amide bonds. The van der Waals surface area contributed by atoms with Crippen LogP contribution in [0.5, 0.6) is 0 Å². The molecule has 0 aromatic carbocycles. The Morgan fingerprint density at radius 1 is 1.36 bits per heavy atom. The monoisotopic (exact) mass is 311 g/mol. The lowest BCUT2D eigenvalue weighted by Crippen LogP contribution is -2.57. The van der Waals surface area contributed by atoms with Crippen molar-refractivity contribution in [1.29, 1.82) is 0 Å². The molecule has 122 valence electrons. The zero-order chi connectivity index (χ0) is 15.7. The van der Waals surface area contributed by atoms with Crippen LogP contribution < -0.4 is 5.32 Å². The normalized spacial score (nSPS) is 28.1. The van der Waals surface area contributed by atoms with E-state index in [0.717, 1.165) is 12.8 Å². The standard InChI is InChI=1S/C14H21N3O5/c18-10-2-1-7-22-14(10)3-5-16(6-4-14)12(20)9-17-8-11(19)15-13(17)21/h10,18H,1-9H2,(H,15,19,21)/t10-/m1/s1. The van der Waals surface area contributed by atoms with E-state index in [-0.39, 0.29) is 24.9 Å². The summed E-state index contributed by atoms with van der Waals surface area (Å²) < 4.78 is 5.80. The number of aliphatic hydroxyl groups excluding tert-OH is 1. The Balaban J connectivity index is 1.54. The lowest BCUT2D eigenvalue weighted by atomic mass is 9.82. The second-order valence-corrected chi connectivity index (χ2v) is 6.16. The van der Waals surface area contributed by atoms with Crippen molar-refractivity contribution in [2.75, 3.05) is 32.8 Å². The predicted molar refractivity (Wildman–Crippen MR) is 74.8 cm³/mol. The molecule has 3 aliphatic rings. The van der Waals surface area contributed by atoms with E-state index in [1.165, 1.54) is 4.90 Å². The van der Waals surface area contributed by atoms with Gasteiger partial charge in [-0.05, 0) is 25.7 Å². The number of ether oxygens (including phenoxy) is 1. The maximum atomic E-state index is 12.2. The Labute approximate surface area is 128 Å². The first kappa shape index (κ1) is 15.2. The van der Waals surface area contributed by atoms with Crippen molar-refractivity contribution in [1.82, 2.24) is 15.1 Å². The van der Waals surface area contributed by atoms with Crippen molar-refractivity contribution in [2.24, 2.45) is 0 Å². The van der Waals surface area contributed by atoms with E-state index in [1.807, 2.05) is 0 Å². The van der Waals surface area contributed by atoms with Crippen LogP contribution in [0.3, 0.4) is 0 Å². The summed E-state index contributed by atoms with van der Waals surface area (Å²) in [5.41, 5.74) is -0.518. The van der Waals surface area contributed by atoms with Gasteiger partial charge in [0, 0.05) is 19.7 Å². The maximum absolute atomic E-state index is 12.2. The molecular formula is C14H21N3O5. The highest BCUT2D eigenvalue weighted by Gasteiger charge is 2.44. The van der Waals surface area contributed by atoms with Crippen molar-refractivity contribution >= 4 is 17.8 Å². The van der Waals surface area contributed by atoms with Gasteiger partial charge in [-0.3, -0.25) is 14.9 Å². The second kappa shape index (κ2) is 5.85. The molecule has 0 bridgehead atoms. The quantitative estimate of drug-likeness (QED) is 0.642. The zero-order valence-corrected chi connectivity index (χ0v) is 12.4. The summed E-state index contributed by atoms with van der Waals surface area (Å²) in [6.07, 6.45) is 2.34. The number of amides is 4. The van der Waals surface area contributed by atoms with Crippen LogP contribution in [-0.4, -0.2) is 77.2 Å². The molecule has 0 aliphatic carbocycles. The number of rotatable bonds is 2. The van der Waals surface area contributed by atoms with Crippen molar-refractivity contribution in [2.45, 2.75) is 37.4 Å². The average Bonchev–Trinajstić information content (AvgIpc) is 2.81. The number of hydrogen-bond acceptors (Lipinski definition) is 5. The summed E-state index contributed by atoms with van der Waals surface area (Å²) in [6, 6.07) is -0.516. The smallest absolute Gasteiger partial charge is 0.325 e. The van der Waals surface area contributed by atoms with E-state index in [9.17, 15) is 19.5 Å². The first-order valence-corrected chi connectivity index (χ1v) is 7.69. The fourth-order valence-electron chi connectivity index (χ4n) is 3.40. The van der Waals surface area contributed by atoms with Crippen LogP contribution in [0.25, 0.3) is 0 Å². The summed E-state index contributed by atoms with van der Waals surface area (Å²) in [5, 5.41) is 12.3. The molecular weight excluding hydrogens is 290 g/mol. The molecule has 3 heterocycles. The number of nitrogens with one attached hydrogen (secondary N) is 1. The van der Waals surface area contributed by atoms with Gasteiger partial charge in [-0.15, -0.1) is 0 Å². The van der Waals surface area contributed by atoms with Crippen LogP contribution in [-0.2, 0) is 14.3 Å². The van der Waals surface area contributed by atoms with Crippen LogP contribution in [0.2, 0.25) is 0 Å². The van der Waals surface area contributed by atoms with Crippen molar-refractivity contribution < 1.29 is 24.2 Å². The minimum absolute atomic E-state index is 0.0653. The molecule has 0 aromatic heterocycles. The molecule has 3 rings (SSSR count). The molecule has 0 aromatic rings. The highest BCUT2D eigenvalue weighted by Crippen LogP contribution is 2.35. The van der Waals surface area contributed by atoms with Gasteiger partial charge in [0.15, 0.2) is 0 Å². The van der Waals surface area contributed by atoms with E-state index in [2.05, 4.69) is 5.32 Å². The van der Waals surface area contributed by atoms with Crippen LogP contribution in [0.15, 0.2) is 0 Å². The van der Waals surface area contributed by atoms with Crippen molar-refractivity contribution in [3.63, 3.8) is 0 Å². The number of carbonyl (C=O) groups excluding carboxylic acids is 3. The van der Waals surface area contributed by atoms with Crippen LogP contribution in [0.1, 0.15) is 25.7 Å². The summed E-state index contributed by atoms with van der Waals surface area (Å²) in [5.74, 6) is -0.556. The van der Waals surface area contributed by atoms with Gasteiger partial charge in [-0.25, -0.2) is 4.79 Å². The minimum Gasteiger partial charge on any atom is -0.390 e. The summed E-state index contributed by atoms with van der Waals surface area (Å²) in [4.78, 5) is 37.7. The molecule has 3 saturated heterocycles. The topological polar surface area (TPSA) is 99.2 Å². The van der Waals surface area contributed by atoms with Crippen LogP contribution in [0, 0.1) is 0 Å². The van der Waals surface area contributed by atoms with Crippen LogP contribution in [0.4, 0.5) is 4.79 Å². The molecule has 2 N–H and O–H groups in total. The van der Waals surface area contributed by atoms with Gasteiger partial charge in [0.05, 0.1) is 11.7 Å². The SMILES string of the molecule is O=C1CN(CC(=O)N2CCC3(CC2)OCCC[C@H]3O)C(=O)N1. The number of aliphatic hydroxyl groups is 1. The third-order valence-electron chi connectivity index (χ3n) is 4.78. The Morgan fingerprint density at radius 3 is 2.68 bits per heavy atom. The number of hydrogen-bond donors (Lipinski definition) is 2. The zero-order valence-electron chi connectivity index (χ0n) is 12.4. The Morgan fingerprint density at radius 2 is 2.09 bits per heavy atom. The molecule has 0 radical (unpaired) electrons. The molecule has 1 spiro atoms. The predicted octanol–water partition coefficient (Wildman–Crippen LogP) is -0.929. The lowest BCUT2D eigenvalue weighted by molar-refractivity contribution is -0.179. The average molecular weight is 311 g/mol. The molecule has 3 fully saturated rings. The van der Waals surface area contributed by atoms with Gasteiger partial charge in [0.25, 0.3) is 0 Å². The van der Waals surface area contributed by atoms with E-state index >= 15 is 0 Å². The van der Waals surface area contributed by atoms with Crippen molar-refractivity contribution in [3.05, 3.63) is 0 Å². The lowest BCUT2D eigenvalue weighted by Gasteiger charge is -2.46. The number of nitrogens with zero attached hydrogens (tertiary/aromatic N) is 2.